The molecule has 0 aliphatic heterocycles. The van der Waals surface area contributed by atoms with Crippen LogP contribution in [0, 0.1) is 11.3 Å². The highest BCUT2D eigenvalue weighted by atomic mass is 127. The number of guanidine groups is 1. The second-order valence-electron chi connectivity index (χ2n) is 5.95. The fourth-order valence-electron chi connectivity index (χ4n) is 2.56. The van der Waals surface area contributed by atoms with Crippen molar-refractivity contribution in [3.05, 3.63) is 0 Å². The lowest BCUT2D eigenvalue weighted by atomic mass is 9.64. The summed E-state index contributed by atoms with van der Waals surface area (Å²) in [7, 11) is 0. The van der Waals surface area contributed by atoms with Crippen LogP contribution >= 0.6 is 24.0 Å². The molecule has 3 N–H and O–H groups in total. The van der Waals surface area contributed by atoms with E-state index in [2.05, 4.69) is 38.0 Å². The Morgan fingerprint density at radius 1 is 1.29 bits per heavy atom. The zero-order valence-electron chi connectivity index (χ0n) is 11.6. The van der Waals surface area contributed by atoms with Crippen LogP contribution in [-0.4, -0.2) is 18.5 Å². The predicted octanol–water partition coefficient (Wildman–Crippen LogP) is 3.13. The van der Waals surface area contributed by atoms with Crippen LogP contribution < -0.4 is 11.1 Å². The van der Waals surface area contributed by atoms with Gasteiger partial charge in [-0.05, 0) is 44.4 Å². The summed E-state index contributed by atoms with van der Waals surface area (Å²) in [4.78, 5) is 4.49. The molecule has 0 amide bonds. The highest BCUT2D eigenvalue weighted by molar-refractivity contribution is 14.0. The van der Waals surface area contributed by atoms with Gasteiger partial charge in [0, 0.05) is 12.6 Å². The minimum atomic E-state index is 0. The number of aliphatic imine (C=N–C) groups is 1. The van der Waals surface area contributed by atoms with Crippen LogP contribution in [0.5, 0.6) is 0 Å². The standard InChI is InChI=1S/C13H27N3.HI/c1-10(2)8-13(6-5-7-13)9-15-12(14)16-11(3)4;/h10-11H,5-9H2,1-4H3,(H3,14,15,16);1H. The Balaban J connectivity index is 0.00000256. The molecule has 0 unspecified atom stereocenters. The third-order valence-corrected chi connectivity index (χ3v) is 3.28. The molecule has 102 valence electrons. The van der Waals surface area contributed by atoms with E-state index in [9.17, 15) is 0 Å². The lowest BCUT2D eigenvalue weighted by Crippen LogP contribution is -2.39. The molecule has 1 aliphatic rings. The van der Waals surface area contributed by atoms with Gasteiger partial charge in [0.25, 0.3) is 0 Å². The molecule has 1 saturated carbocycles. The van der Waals surface area contributed by atoms with Crippen LogP contribution in [0.3, 0.4) is 0 Å². The Kier molecular flexibility index (Phi) is 7.44. The van der Waals surface area contributed by atoms with Crippen molar-refractivity contribution >= 4 is 29.9 Å². The summed E-state index contributed by atoms with van der Waals surface area (Å²) in [5.74, 6) is 1.36. The van der Waals surface area contributed by atoms with Gasteiger partial charge in [-0.15, -0.1) is 24.0 Å². The molecule has 4 heteroatoms. The Morgan fingerprint density at radius 2 is 1.88 bits per heavy atom. The number of rotatable bonds is 5. The summed E-state index contributed by atoms with van der Waals surface area (Å²) in [6, 6.07) is 0.367. The Hall–Kier alpha value is 0. The molecule has 0 aromatic heterocycles. The van der Waals surface area contributed by atoms with E-state index in [1.165, 1.54) is 25.7 Å². The molecular weight excluding hydrogens is 325 g/mol. The first-order valence-corrected chi connectivity index (χ1v) is 6.50. The summed E-state index contributed by atoms with van der Waals surface area (Å²) in [5.41, 5.74) is 6.29. The highest BCUT2D eigenvalue weighted by Gasteiger charge is 2.37. The van der Waals surface area contributed by atoms with Gasteiger partial charge in [-0.25, -0.2) is 0 Å². The van der Waals surface area contributed by atoms with Crippen LogP contribution in [-0.2, 0) is 0 Å². The van der Waals surface area contributed by atoms with Gasteiger partial charge in [0.05, 0.1) is 0 Å². The topological polar surface area (TPSA) is 50.4 Å². The maximum absolute atomic E-state index is 5.83. The number of nitrogens with two attached hydrogens (primary N) is 1. The predicted molar refractivity (Wildman–Crippen MR) is 85.9 cm³/mol. The van der Waals surface area contributed by atoms with Crippen molar-refractivity contribution < 1.29 is 0 Å². The molecule has 0 radical (unpaired) electrons. The molecule has 1 fully saturated rings. The molecular formula is C13H28IN3. The molecule has 1 aliphatic carbocycles. The minimum absolute atomic E-state index is 0. The van der Waals surface area contributed by atoms with Crippen molar-refractivity contribution in [2.45, 2.75) is 59.4 Å². The minimum Gasteiger partial charge on any atom is -0.370 e. The van der Waals surface area contributed by atoms with E-state index in [1.54, 1.807) is 0 Å². The lowest BCUT2D eigenvalue weighted by molar-refractivity contribution is 0.111. The van der Waals surface area contributed by atoms with E-state index in [1.807, 2.05) is 0 Å². The fourth-order valence-corrected chi connectivity index (χ4v) is 2.56. The highest BCUT2D eigenvalue weighted by Crippen LogP contribution is 2.46. The van der Waals surface area contributed by atoms with Gasteiger partial charge in [0.1, 0.15) is 0 Å². The smallest absolute Gasteiger partial charge is 0.188 e. The van der Waals surface area contributed by atoms with Gasteiger partial charge in [-0.1, -0.05) is 20.3 Å². The Morgan fingerprint density at radius 3 is 2.24 bits per heavy atom. The van der Waals surface area contributed by atoms with Crippen molar-refractivity contribution in [3.63, 3.8) is 0 Å². The molecule has 17 heavy (non-hydrogen) atoms. The second-order valence-corrected chi connectivity index (χ2v) is 5.95. The Bertz CT molecular complexity index is 245. The lowest BCUT2D eigenvalue weighted by Gasteiger charge is -2.42. The van der Waals surface area contributed by atoms with Crippen molar-refractivity contribution in [2.75, 3.05) is 6.54 Å². The third kappa shape index (κ3) is 5.93. The van der Waals surface area contributed by atoms with E-state index in [-0.39, 0.29) is 24.0 Å². The molecule has 0 atom stereocenters. The van der Waals surface area contributed by atoms with Crippen molar-refractivity contribution in [2.24, 2.45) is 22.1 Å². The second kappa shape index (κ2) is 7.44. The molecule has 0 heterocycles. The number of halogens is 1. The number of nitrogens with one attached hydrogen (secondary N) is 1. The van der Waals surface area contributed by atoms with Crippen LogP contribution in [0.15, 0.2) is 4.99 Å². The first kappa shape index (κ1) is 17.0. The monoisotopic (exact) mass is 353 g/mol. The first-order chi connectivity index (χ1) is 7.43. The quantitative estimate of drug-likeness (QED) is 0.453. The van der Waals surface area contributed by atoms with Crippen molar-refractivity contribution in [1.82, 2.24) is 5.32 Å². The number of nitrogens with zero attached hydrogens (tertiary/aromatic N) is 1. The van der Waals surface area contributed by atoms with Gasteiger partial charge in [-0.3, -0.25) is 4.99 Å². The van der Waals surface area contributed by atoms with Crippen molar-refractivity contribution in [1.29, 1.82) is 0 Å². The third-order valence-electron chi connectivity index (χ3n) is 3.28. The maximum Gasteiger partial charge on any atom is 0.188 e. The van der Waals surface area contributed by atoms with E-state index >= 15 is 0 Å². The van der Waals surface area contributed by atoms with E-state index < -0.39 is 0 Å². The van der Waals surface area contributed by atoms with Gasteiger partial charge in [-0.2, -0.15) is 0 Å². The largest absolute Gasteiger partial charge is 0.370 e. The average Bonchev–Trinajstić information content (AvgIpc) is 2.07. The van der Waals surface area contributed by atoms with Gasteiger partial charge < -0.3 is 11.1 Å². The van der Waals surface area contributed by atoms with Gasteiger partial charge >= 0.3 is 0 Å². The summed E-state index contributed by atoms with van der Waals surface area (Å²) >= 11 is 0. The van der Waals surface area contributed by atoms with Crippen molar-refractivity contribution in [3.8, 4) is 0 Å². The molecule has 0 spiro atoms. The van der Waals surface area contributed by atoms with E-state index in [0.29, 0.717) is 17.4 Å². The molecule has 0 aromatic carbocycles. The summed E-state index contributed by atoms with van der Waals surface area (Å²) in [6.45, 7) is 9.64. The molecule has 3 nitrogen and oxygen atoms in total. The number of hydrogen-bond donors (Lipinski definition) is 2. The summed E-state index contributed by atoms with van der Waals surface area (Å²) in [5, 5.41) is 3.14. The van der Waals surface area contributed by atoms with Crippen LogP contribution in [0.25, 0.3) is 0 Å². The Labute approximate surface area is 123 Å². The van der Waals surface area contributed by atoms with E-state index in [0.717, 1.165) is 12.5 Å². The van der Waals surface area contributed by atoms with E-state index in [4.69, 9.17) is 5.73 Å². The molecule has 0 saturated heterocycles. The fraction of sp³-hybridized carbons (Fsp3) is 0.923. The zero-order valence-corrected chi connectivity index (χ0v) is 14.0. The van der Waals surface area contributed by atoms with Crippen LogP contribution in [0.4, 0.5) is 0 Å². The molecule has 0 bridgehead atoms. The molecule has 0 aromatic rings. The molecule has 1 rings (SSSR count). The zero-order chi connectivity index (χ0) is 12.2. The van der Waals surface area contributed by atoms with Gasteiger partial charge in [0.15, 0.2) is 5.96 Å². The number of hydrogen-bond acceptors (Lipinski definition) is 1. The normalized spacial score (nSPS) is 18.8. The van der Waals surface area contributed by atoms with Gasteiger partial charge in [0.2, 0.25) is 0 Å². The first-order valence-electron chi connectivity index (χ1n) is 6.50. The average molecular weight is 353 g/mol. The summed E-state index contributed by atoms with van der Waals surface area (Å²) in [6.07, 6.45) is 5.29. The summed E-state index contributed by atoms with van der Waals surface area (Å²) < 4.78 is 0. The van der Waals surface area contributed by atoms with Crippen LogP contribution in [0.2, 0.25) is 0 Å². The maximum atomic E-state index is 5.83. The SMILES string of the molecule is CC(C)CC1(CN=C(N)NC(C)C)CCC1.I. The van der Waals surface area contributed by atoms with Crippen LogP contribution in [0.1, 0.15) is 53.4 Å².